The topological polar surface area (TPSA) is 69.6 Å². The monoisotopic (exact) mass is 228 g/mol. The first-order chi connectivity index (χ1) is 7.45. The van der Waals surface area contributed by atoms with Crippen LogP contribution in [0.5, 0.6) is 0 Å². The Labute approximate surface area is 95.8 Å². The van der Waals surface area contributed by atoms with Crippen LogP contribution in [0.1, 0.15) is 33.6 Å². The fraction of sp³-hybridized carbons (Fsp3) is 0.818. The lowest BCUT2D eigenvalue weighted by Gasteiger charge is -2.28. The lowest BCUT2D eigenvalue weighted by molar-refractivity contribution is -0.141. The van der Waals surface area contributed by atoms with E-state index in [4.69, 9.17) is 5.11 Å². The molecule has 92 valence electrons. The van der Waals surface area contributed by atoms with Gasteiger partial charge in [0.2, 0.25) is 5.91 Å². The minimum Gasteiger partial charge on any atom is -0.481 e. The van der Waals surface area contributed by atoms with Gasteiger partial charge >= 0.3 is 5.97 Å². The van der Waals surface area contributed by atoms with E-state index in [2.05, 4.69) is 12.2 Å². The maximum absolute atomic E-state index is 11.6. The zero-order chi connectivity index (χ0) is 12.3. The van der Waals surface area contributed by atoms with Gasteiger partial charge in [0.05, 0.1) is 12.1 Å². The Morgan fingerprint density at radius 3 is 2.69 bits per heavy atom. The molecule has 3 atom stereocenters. The van der Waals surface area contributed by atoms with Gasteiger partial charge in [-0.1, -0.05) is 6.92 Å². The molecule has 1 saturated heterocycles. The van der Waals surface area contributed by atoms with Crippen LogP contribution < -0.4 is 5.32 Å². The molecule has 1 fully saturated rings. The van der Waals surface area contributed by atoms with Crippen LogP contribution in [0, 0.1) is 5.92 Å². The SMILES string of the molecule is CCC(C)NC(C)N1CC(C(=O)O)CC1=O. The van der Waals surface area contributed by atoms with Crippen LogP contribution in [-0.2, 0) is 9.59 Å². The van der Waals surface area contributed by atoms with E-state index in [0.29, 0.717) is 12.6 Å². The number of likely N-dealkylation sites (tertiary alicyclic amines) is 1. The third-order valence-corrected chi connectivity index (χ3v) is 3.11. The number of amides is 1. The molecule has 0 aliphatic carbocycles. The van der Waals surface area contributed by atoms with Gasteiger partial charge in [0.1, 0.15) is 0 Å². The molecule has 1 rings (SSSR count). The molecule has 16 heavy (non-hydrogen) atoms. The van der Waals surface area contributed by atoms with Crippen molar-refractivity contribution in [2.75, 3.05) is 6.54 Å². The van der Waals surface area contributed by atoms with E-state index in [1.165, 1.54) is 0 Å². The average Bonchev–Trinajstić information content (AvgIpc) is 2.60. The van der Waals surface area contributed by atoms with Crippen molar-refractivity contribution in [1.82, 2.24) is 10.2 Å². The largest absolute Gasteiger partial charge is 0.481 e. The molecule has 1 aliphatic heterocycles. The summed E-state index contributed by atoms with van der Waals surface area (Å²) in [5.41, 5.74) is 0. The number of carboxylic acids is 1. The van der Waals surface area contributed by atoms with Crippen molar-refractivity contribution in [1.29, 1.82) is 0 Å². The number of hydrogen-bond acceptors (Lipinski definition) is 3. The molecule has 2 N–H and O–H groups in total. The second kappa shape index (κ2) is 5.30. The van der Waals surface area contributed by atoms with E-state index >= 15 is 0 Å². The van der Waals surface area contributed by atoms with Gasteiger partial charge in [-0.05, 0) is 20.3 Å². The van der Waals surface area contributed by atoms with Crippen LogP contribution in [0.4, 0.5) is 0 Å². The van der Waals surface area contributed by atoms with E-state index < -0.39 is 11.9 Å². The first-order valence-corrected chi connectivity index (χ1v) is 5.74. The van der Waals surface area contributed by atoms with Gasteiger partial charge in [-0.2, -0.15) is 0 Å². The van der Waals surface area contributed by atoms with E-state index in [9.17, 15) is 9.59 Å². The maximum atomic E-state index is 11.6. The Hall–Kier alpha value is -1.10. The first kappa shape index (κ1) is 13.0. The molecule has 1 amide bonds. The number of nitrogens with zero attached hydrogens (tertiary/aromatic N) is 1. The Kier molecular flexibility index (Phi) is 4.29. The number of nitrogens with one attached hydrogen (secondary N) is 1. The summed E-state index contributed by atoms with van der Waals surface area (Å²) in [5, 5.41) is 12.1. The third-order valence-electron chi connectivity index (χ3n) is 3.11. The van der Waals surface area contributed by atoms with Crippen molar-refractivity contribution in [2.45, 2.75) is 45.8 Å². The highest BCUT2D eigenvalue weighted by molar-refractivity contribution is 5.86. The van der Waals surface area contributed by atoms with Crippen molar-refractivity contribution in [3.05, 3.63) is 0 Å². The second-order valence-electron chi connectivity index (χ2n) is 4.44. The number of hydrogen-bond donors (Lipinski definition) is 2. The van der Waals surface area contributed by atoms with E-state index in [0.717, 1.165) is 6.42 Å². The summed E-state index contributed by atoms with van der Waals surface area (Å²) < 4.78 is 0. The van der Waals surface area contributed by atoms with Crippen molar-refractivity contribution in [3.8, 4) is 0 Å². The molecule has 1 heterocycles. The summed E-state index contributed by atoms with van der Waals surface area (Å²) in [4.78, 5) is 24.0. The lowest BCUT2D eigenvalue weighted by Crippen LogP contribution is -2.47. The van der Waals surface area contributed by atoms with Gasteiger partial charge in [-0.15, -0.1) is 0 Å². The summed E-state index contributed by atoms with van der Waals surface area (Å²) in [6, 6.07) is 0.326. The number of carbonyl (C=O) groups is 2. The van der Waals surface area contributed by atoms with Crippen molar-refractivity contribution < 1.29 is 14.7 Å². The summed E-state index contributed by atoms with van der Waals surface area (Å²) >= 11 is 0. The minimum absolute atomic E-state index is 0.0734. The number of aliphatic carboxylic acids is 1. The standard InChI is InChI=1S/C11H20N2O3/c1-4-7(2)12-8(3)13-6-9(11(15)16)5-10(13)14/h7-9,12H,4-6H2,1-3H3,(H,15,16). The van der Waals surface area contributed by atoms with Gasteiger partial charge in [0.15, 0.2) is 0 Å². The van der Waals surface area contributed by atoms with Crippen LogP contribution in [-0.4, -0.2) is 40.6 Å². The Morgan fingerprint density at radius 2 is 2.25 bits per heavy atom. The molecule has 1 aliphatic rings. The van der Waals surface area contributed by atoms with Crippen LogP contribution in [0.2, 0.25) is 0 Å². The molecule has 0 radical (unpaired) electrons. The zero-order valence-electron chi connectivity index (χ0n) is 10.1. The summed E-state index contributed by atoms with van der Waals surface area (Å²) in [7, 11) is 0. The summed E-state index contributed by atoms with van der Waals surface area (Å²) in [5.74, 6) is -1.50. The van der Waals surface area contributed by atoms with Gasteiger partial charge in [0, 0.05) is 19.0 Å². The highest BCUT2D eigenvalue weighted by Crippen LogP contribution is 2.19. The quantitative estimate of drug-likeness (QED) is 0.725. The smallest absolute Gasteiger partial charge is 0.308 e. The van der Waals surface area contributed by atoms with Crippen molar-refractivity contribution in [2.24, 2.45) is 5.92 Å². The minimum atomic E-state index is -0.883. The number of rotatable bonds is 5. The van der Waals surface area contributed by atoms with E-state index in [1.54, 1.807) is 4.90 Å². The van der Waals surface area contributed by atoms with Crippen LogP contribution in [0.15, 0.2) is 0 Å². The average molecular weight is 228 g/mol. The first-order valence-electron chi connectivity index (χ1n) is 5.74. The van der Waals surface area contributed by atoms with Gasteiger partial charge in [-0.3, -0.25) is 14.9 Å². The fourth-order valence-corrected chi connectivity index (χ4v) is 1.89. The lowest BCUT2D eigenvalue weighted by atomic mass is 10.1. The fourth-order valence-electron chi connectivity index (χ4n) is 1.89. The molecular formula is C11H20N2O3. The zero-order valence-corrected chi connectivity index (χ0v) is 10.1. The van der Waals surface area contributed by atoms with Crippen LogP contribution >= 0.6 is 0 Å². The highest BCUT2D eigenvalue weighted by atomic mass is 16.4. The molecule has 5 nitrogen and oxygen atoms in total. The summed E-state index contributed by atoms with van der Waals surface area (Å²) in [6.07, 6.45) is 1.02. The van der Waals surface area contributed by atoms with Gasteiger partial charge in [0.25, 0.3) is 0 Å². The van der Waals surface area contributed by atoms with Crippen molar-refractivity contribution >= 4 is 11.9 Å². The Bertz CT molecular complexity index is 280. The highest BCUT2D eigenvalue weighted by Gasteiger charge is 2.36. The van der Waals surface area contributed by atoms with Gasteiger partial charge in [-0.25, -0.2) is 0 Å². The van der Waals surface area contributed by atoms with Crippen LogP contribution in [0.3, 0.4) is 0 Å². The number of carbonyl (C=O) groups excluding carboxylic acids is 1. The molecular weight excluding hydrogens is 208 g/mol. The molecule has 0 aromatic heterocycles. The second-order valence-corrected chi connectivity index (χ2v) is 4.44. The third kappa shape index (κ3) is 2.95. The number of carboxylic acid groups (broad SMARTS) is 1. The Balaban J connectivity index is 2.54. The van der Waals surface area contributed by atoms with E-state index in [-0.39, 0.29) is 18.5 Å². The van der Waals surface area contributed by atoms with E-state index in [1.807, 2.05) is 13.8 Å². The molecule has 3 unspecified atom stereocenters. The molecule has 0 bridgehead atoms. The Morgan fingerprint density at radius 1 is 1.62 bits per heavy atom. The normalized spacial score (nSPS) is 24.6. The predicted molar refractivity (Wildman–Crippen MR) is 59.8 cm³/mol. The molecule has 0 aromatic carbocycles. The molecule has 0 spiro atoms. The summed E-state index contributed by atoms with van der Waals surface area (Å²) in [6.45, 7) is 6.33. The molecule has 0 saturated carbocycles. The maximum Gasteiger partial charge on any atom is 0.308 e. The molecule has 5 heteroatoms. The van der Waals surface area contributed by atoms with Crippen LogP contribution in [0.25, 0.3) is 0 Å². The predicted octanol–water partition coefficient (Wildman–Crippen LogP) is 0.654. The van der Waals surface area contributed by atoms with Crippen molar-refractivity contribution in [3.63, 3.8) is 0 Å². The molecule has 0 aromatic rings. The van der Waals surface area contributed by atoms with Gasteiger partial charge < -0.3 is 10.0 Å².